The Morgan fingerprint density at radius 2 is 2.09 bits per heavy atom. The van der Waals surface area contributed by atoms with E-state index in [1.165, 1.54) is 18.1 Å². The van der Waals surface area contributed by atoms with Crippen LogP contribution in [0.5, 0.6) is 0 Å². The molecule has 23 heavy (non-hydrogen) atoms. The topological polar surface area (TPSA) is 72.9 Å². The lowest BCUT2D eigenvalue weighted by molar-refractivity contribution is -0.126. The monoisotopic (exact) mass is 313 g/mol. The van der Waals surface area contributed by atoms with Crippen LogP contribution in [0.3, 0.4) is 0 Å². The Bertz CT molecular complexity index is 770. The molecule has 6 nitrogen and oxygen atoms in total. The van der Waals surface area contributed by atoms with E-state index in [0.717, 1.165) is 0 Å². The molecule has 0 unspecified atom stereocenters. The molecule has 2 saturated heterocycles. The lowest BCUT2D eigenvalue weighted by Gasteiger charge is -2.24. The fourth-order valence-electron chi connectivity index (χ4n) is 3.80. The second-order valence-electron chi connectivity index (χ2n) is 6.18. The second-order valence-corrected chi connectivity index (χ2v) is 6.18. The van der Waals surface area contributed by atoms with E-state index in [4.69, 9.17) is 4.74 Å². The van der Waals surface area contributed by atoms with Crippen LogP contribution in [0.25, 0.3) is 0 Å². The van der Waals surface area contributed by atoms with Crippen molar-refractivity contribution in [1.82, 2.24) is 0 Å². The SMILES string of the molecule is COC(=O)c1cccc(N2C(=O)[C@H]3[C@H]4C=C[C@@](C)(O4)[C@H]3C2=O)c1. The Balaban J connectivity index is 1.73. The van der Waals surface area contributed by atoms with Gasteiger partial charge in [0, 0.05) is 0 Å². The van der Waals surface area contributed by atoms with Crippen LogP contribution in [-0.4, -0.2) is 36.6 Å². The average Bonchev–Trinajstić information content (AvgIpc) is 3.15. The summed E-state index contributed by atoms with van der Waals surface area (Å²) in [5, 5.41) is 0. The van der Waals surface area contributed by atoms with Gasteiger partial charge in [-0.15, -0.1) is 0 Å². The zero-order chi connectivity index (χ0) is 16.4. The van der Waals surface area contributed by atoms with E-state index in [1.807, 2.05) is 19.1 Å². The number of carbonyl (C=O) groups is 3. The summed E-state index contributed by atoms with van der Waals surface area (Å²) in [6, 6.07) is 6.35. The molecule has 0 aromatic heterocycles. The van der Waals surface area contributed by atoms with Crippen molar-refractivity contribution in [2.24, 2.45) is 11.8 Å². The summed E-state index contributed by atoms with van der Waals surface area (Å²) in [6.07, 6.45) is 3.36. The van der Waals surface area contributed by atoms with Gasteiger partial charge in [0.15, 0.2) is 0 Å². The molecule has 118 valence electrons. The van der Waals surface area contributed by atoms with Crippen LogP contribution in [-0.2, 0) is 19.1 Å². The molecule has 2 bridgehead atoms. The smallest absolute Gasteiger partial charge is 0.337 e. The molecule has 3 aliphatic heterocycles. The van der Waals surface area contributed by atoms with Crippen molar-refractivity contribution in [2.45, 2.75) is 18.6 Å². The van der Waals surface area contributed by atoms with Gasteiger partial charge < -0.3 is 9.47 Å². The van der Waals surface area contributed by atoms with E-state index in [9.17, 15) is 14.4 Å². The molecule has 0 spiro atoms. The van der Waals surface area contributed by atoms with Gasteiger partial charge in [0.2, 0.25) is 11.8 Å². The number of esters is 1. The molecule has 3 aliphatic rings. The maximum Gasteiger partial charge on any atom is 0.337 e. The molecule has 1 aromatic rings. The maximum atomic E-state index is 12.8. The number of hydrogen-bond acceptors (Lipinski definition) is 5. The summed E-state index contributed by atoms with van der Waals surface area (Å²) in [4.78, 5) is 38.4. The summed E-state index contributed by atoms with van der Waals surface area (Å²) in [5.41, 5.74) is -0.0388. The minimum Gasteiger partial charge on any atom is -0.465 e. The van der Waals surface area contributed by atoms with Gasteiger partial charge in [-0.05, 0) is 25.1 Å². The van der Waals surface area contributed by atoms with Crippen LogP contribution in [0.2, 0.25) is 0 Å². The van der Waals surface area contributed by atoms with Crippen molar-refractivity contribution in [3.63, 3.8) is 0 Å². The maximum absolute atomic E-state index is 12.8. The highest BCUT2D eigenvalue weighted by atomic mass is 16.5. The predicted molar refractivity (Wildman–Crippen MR) is 79.7 cm³/mol. The van der Waals surface area contributed by atoms with E-state index in [2.05, 4.69) is 4.74 Å². The van der Waals surface area contributed by atoms with Crippen LogP contribution in [0.15, 0.2) is 36.4 Å². The number of amides is 2. The van der Waals surface area contributed by atoms with Crippen LogP contribution in [0, 0.1) is 11.8 Å². The minimum absolute atomic E-state index is 0.278. The predicted octanol–water partition coefficient (Wildman–Crippen LogP) is 1.31. The third-order valence-corrected chi connectivity index (χ3v) is 4.85. The molecule has 3 heterocycles. The first-order chi connectivity index (χ1) is 11.0. The van der Waals surface area contributed by atoms with Crippen molar-refractivity contribution in [2.75, 3.05) is 12.0 Å². The van der Waals surface area contributed by atoms with Crippen molar-refractivity contribution < 1.29 is 23.9 Å². The standard InChI is InChI=1S/C17H15NO5/c1-17-7-6-11(23-17)12-13(17)15(20)18(14(12)19)10-5-3-4-9(8-10)16(21)22-2/h3-8,11-13H,1-2H3/t11-,12+,13-,17-/m1/s1. The fourth-order valence-corrected chi connectivity index (χ4v) is 3.80. The molecule has 0 radical (unpaired) electrons. The first kappa shape index (κ1) is 14.1. The molecule has 2 fully saturated rings. The Morgan fingerprint density at radius 3 is 2.78 bits per heavy atom. The molecule has 0 aliphatic carbocycles. The van der Waals surface area contributed by atoms with E-state index >= 15 is 0 Å². The number of hydrogen-bond donors (Lipinski definition) is 0. The summed E-state index contributed by atoms with van der Waals surface area (Å²) in [7, 11) is 1.28. The highest BCUT2D eigenvalue weighted by Gasteiger charge is 2.66. The van der Waals surface area contributed by atoms with E-state index in [0.29, 0.717) is 11.3 Å². The third kappa shape index (κ3) is 1.75. The van der Waals surface area contributed by atoms with Crippen molar-refractivity contribution >= 4 is 23.5 Å². The largest absolute Gasteiger partial charge is 0.465 e. The van der Waals surface area contributed by atoms with Gasteiger partial charge in [-0.25, -0.2) is 9.69 Å². The van der Waals surface area contributed by atoms with E-state index in [-0.39, 0.29) is 17.9 Å². The molecule has 2 amide bonds. The van der Waals surface area contributed by atoms with Crippen molar-refractivity contribution in [3.05, 3.63) is 42.0 Å². The Hall–Kier alpha value is -2.47. The number of ether oxygens (including phenoxy) is 2. The van der Waals surface area contributed by atoms with Crippen LogP contribution >= 0.6 is 0 Å². The van der Waals surface area contributed by atoms with Gasteiger partial charge in [-0.3, -0.25) is 9.59 Å². The molecule has 0 saturated carbocycles. The van der Waals surface area contributed by atoms with Crippen LogP contribution in [0.4, 0.5) is 5.69 Å². The number of carbonyl (C=O) groups excluding carboxylic acids is 3. The first-order valence-corrected chi connectivity index (χ1v) is 7.39. The van der Waals surface area contributed by atoms with Gasteiger partial charge in [0.25, 0.3) is 0 Å². The molecule has 6 heteroatoms. The number of imide groups is 1. The molecule has 4 atom stereocenters. The zero-order valence-corrected chi connectivity index (χ0v) is 12.7. The van der Waals surface area contributed by atoms with Crippen molar-refractivity contribution in [1.29, 1.82) is 0 Å². The third-order valence-electron chi connectivity index (χ3n) is 4.85. The van der Waals surface area contributed by atoms with Gasteiger partial charge in [-0.1, -0.05) is 18.2 Å². The highest BCUT2D eigenvalue weighted by molar-refractivity contribution is 6.23. The Morgan fingerprint density at radius 1 is 1.30 bits per heavy atom. The van der Waals surface area contributed by atoms with E-state index < -0.39 is 23.4 Å². The summed E-state index contributed by atoms with van der Waals surface area (Å²) in [5.74, 6) is -2.06. The molecular weight excluding hydrogens is 298 g/mol. The molecular formula is C17H15NO5. The molecule has 0 N–H and O–H groups in total. The van der Waals surface area contributed by atoms with Crippen molar-refractivity contribution in [3.8, 4) is 0 Å². The number of rotatable bonds is 2. The molecule has 1 aromatic carbocycles. The van der Waals surface area contributed by atoms with Gasteiger partial charge in [0.05, 0.1) is 41.9 Å². The van der Waals surface area contributed by atoms with Gasteiger partial charge >= 0.3 is 5.97 Å². The number of nitrogens with zero attached hydrogens (tertiary/aromatic N) is 1. The number of fused-ring (bicyclic) bond motifs is 5. The van der Waals surface area contributed by atoms with Gasteiger partial charge in [-0.2, -0.15) is 0 Å². The number of benzene rings is 1. The number of methoxy groups -OCH3 is 1. The zero-order valence-electron chi connectivity index (χ0n) is 12.7. The normalized spacial score (nSPS) is 34.2. The highest BCUT2D eigenvalue weighted by Crippen LogP contribution is 2.52. The summed E-state index contributed by atoms with van der Waals surface area (Å²) >= 11 is 0. The first-order valence-electron chi connectivity index (χ1n) is 7.39. The molecule has 4 rings (SSSR count). The van der Waals surface area contributed by atoms with Crippen LogP contribution in [0.1, 0.15) is 17.3 Å². The lowest BCUT2D eigenvalue weighted by Crippen LogP contribution is -2.38. The quantitative estimate of drug-likeness (QED) is 0.467. The van der Waals surface area contributed by atoms with Crippen LogP contribution < -0.4 is 4.90 Å². The number of anilines is 1. The average molecular weight is 313 g/mol. The fraction of sp³-hybridized carbons (Fsp3) is 0.353. The summed E-state index contributed by atoms with van der Waals surface area (Å²) in [6.45, 7) is 1.83. The lowest BCUT2D eigenvalue weighted by atomic mass is 9.78. The van der Waals surface area contributed by atoms with E-state index in [1.54, 1.807) is 18.2 Å². The Labute approximate surface area is 132 Å². The minimum atomic E-state index is -0.725. The summed E-state index contributed by atoms with van der Waals surface area (Å²) < 4.78 is 10.5. The Kier molecular flexibility index (Phi) is 2.78. The second kappa shape index (κ2) is 4.52. The van der Waals surface area contributed by atoms with Gasteiger partial charge in [0.1, 0.15) is 0 Å².